The van der Waals surface area contributed by atoms with Gasteiger partial charge in [0.25, 0.3) is 0 Å². The first-order chi connectivity index (χ1) is 24.3. The average Bonchev–Trinajstić information content (AvgIpc) is 3.47. The fraction of sp³-hybridized carbons (Fsp3) is 0.213. The van der Waals surface area contributed by atoms with Crippen LogP contribution in [0.15, 0.2) is 168 Å². The van der Waals surface area contributed by atoms with Crippen LogP contribution in [0.1, 0.15) is 78.3 Å². The number of nitrogens with zero attached hydrogens (tertiary/aromatic N) is 1. The number of allylic oxidation sites excluding steroid dienone is 8. The summed E-state index contributed by atoms with van der Waals surface area (Å²) in [7, 11) is 0. The molecule has 49 heavy (non-hydrogen) atoms. The van der Waals surface area contributed by atoms with Crippen LogP contribution in [-0.2, 0) is 5.41 Å². The Hall–Kier alpha value is -5.21. The van der Waals surface area contributed by atoms with Crippen molar-refractivity contribution in [3.8, 4) is 22.3 Å². The van der Waals surface area contributed by atoms with Crippen molar-refractivity contribution in [3.05, 3.63) is 190 Å². The van der Waals surface area contributed by atoms with Crippen molar-refractivity contribution in [2.24, 2.45) is 10.9 Å². The van der Waals surface area contributed by atoms with Gasteiger partial charge in [0.05, 0.1) is 11.5 Å². The molecular weight excluding hydrogens is 593 g/mol. The van der Waals surface area contributed by atoms with Crippen LogP contribution >= 0.6 is 0 Å². The lowest BCUT2D eigenvalue weighted by molar-refractivity contribution is 0.457. The summed E-state index contributed by atoms with van der Waals surface area (Å²) in [6, 6.07) is 34.5. The minimum Gasteiger partial charge on any atom is -0.340 e. The zero-order valence-corrected chi connectivity index (χ0v) is 27.8. The van der Waals surface area contributed by atoms with Crippen LogP contribution in [0.5, 0.6) is 0 Å². The van der Waals surface area contributed by atoms with Gasteiger partial charge in [0.15, 0.2) is 0 Å². The molecule has 238 valence electrons. The summed E-state index contributed by atoms with van der Waals surface area (Å²) in [4.78, 5) is 5.25. The van der Waals surface area contributed by atoms with Crippen LogP contribution in [0.3, 0.4) is 0 Å². The Kier molecular flexibility index (Phi) is 6.72. The van der Waals surface area contributed by atoms with Gasteiger partial charge in [-0.2, -0.15) is 0 Å². The van der Waals surface area contributed by atoms with E-state index in [1.165, 1.54) is 79.8 Å². The van der Waals surface area contributed by atoms with E-state index in [2.05, 4.69) is 151 Å². The first-order valence-corrected chi connectivity index (χ1v) is 18.2. The summed E-state index contributed by atoms with van der Waals surface area (Å²) >= 11 is 0. The smallest absolute Gasteiger partial charge is 0.129 e. The molecule has 10 rings (SSSR count). The van der Waals surface area contributed by atoms with Crippen molar-refractivity contribution in [2.75, 3.05) is 0 Å². The van der Waals surface area contributed by atoms with Gasteiger partial charge in [0, 0.05) is 11.6 Å². The van der Waals surface area contributed by atoms with Crippen molar-refractivity contribution < 1.29 is 0 Å². The maximum atomic E-state index is 5.25. The molecule has 0 amide bonds. The highest BCUT2D eigenvalue weighted by Gasteiger charge is 2.49. The number of fused-ring (bicyclic) bond motifs is 4. The fourth-order valence-corrected chi connectivity index (χ4v) is 9.30. The number of amidine groups is 1. The van der Waals surface area contributed by atoms with E-state index in [1.54, 1.807) is 0 Å². The third kappa shape index (κ3) is 4.50. The van der Waals surface area contributed by atoms with E-state index in [-0.39, 0.29) is 11.5 Å². The molecule has 0 radical (unpaired) electrons. The molecule has 3 aromatic carbocycles. The van der Waals surface area contributed by atoms with Crippen LogP contribution in [0.25, 0.3) is 22.3 Å². The average molecular weight is 633 g/mol. The predicted molar refractivity (Wildman–Crippen MR) is 203 cm³/mol. The van der Waals surface area contributed by atoms with Crippen LogP contribution in [-0.4, -0.2) is 5.84 Å². The zero-order chi connectivity index (χ0) is 32.4. The maximum Gasteiger partial charge on any atom is 0.129 e. The zero-order valence-electron chi connectivity index (χ0n) is 27.8. The van der Waals surface area contributed by atoms with Crippen molar-refractivity contribution in [3.63, 3.8) is 0 Å². The molecule has 0 aromatic heterocycles. The first-order valence-electron chi connectivity index (χ1n) is 18.2. The minimum absolute atomic E-state index is 0.0675. The topological polar surface area (TPSA) is 24.4 Å². The predicted octanol–water partition coefficient (Wildman–Crippen LogP) is 11.2. The number of hydrogen-bond acceptors (Lipinski definition) is 2. The standard InChI is InChI=1S/C47H40N2/c1-4-12-33(13-5-1)46-48-44(30-45(49-46)41-28-35-25-26-38(35)41)32-22-20-31(21-23-32)34-24-27-40-39-18-10-11-19-42(39)47(43(40)29-34,36-14-6-2-7-15-36)37-16-8-3-9-17-37/h2-3,6-12,14-16,18-20,22-31,37,45H,1,4-5,13,17,21H2,(H,48,49). The third-order valence-electron chi connectivity index (χ3n) is 11.8. The number of hydrogen-bond donors (Lipinski definition) is 1. The molecule has 1 heterocycles. The van der Waals surface area contributed by atoms with Crippen LogP contribution in [0, 0.1) is 5.92 Å². The lowest BCUT2D eigenvalue weighted by Gasteiger charge is -2.40. The molecule has 1 aliphatic heterocycles. The SMILES string of the molecule is C1=CCC(C2(c3ccccc3)c3ccccc3-c3ccc(C4C=CC(C5=CC(c6cc7ccc6-7)N=C(C6=CCCCC6)N5)=CC4)cc32)C=C1. The van der Waals surface area contributed by atoms with Crippen molar-refractivity contribution in [2.45, 2.75) is 55.9 Å². The van der Waals surface area contributed by atoms with Gasteiger partial charge < -0.3 is 5.32 Å². The second kappa shape index (κ2) is 11.4. The fourth-order valence-electron chi connectivity index (χ4n) is 9.30. The van der Waals surface area contributed by atoms with Gasteiger partial charge in [0.2, 0.25) is 0 Å². The van der Waals surface area contributed by atoms with Gasteiger partial charge in [-0.25, -0.2) is 0 Å². The molecular formula is C47H40N2. The molecule has 6 aliphatic carbocycles. The molecule has 0 bridgehead atoms. The molecule has 7 aliphatic rings. The van der Waals surface area contributed by atoms with E-state index in [0.29, 0.717) is 11.8 Å². The Bertz CT molecular complexity index is 2220. The normalized spacial score (nSPS) is 25.8. The van der Waals surface area contributed by atoms with Crippen molar-refractivity contribution in [1.29, 1.82) is 0 Å². The lowest BCUT2D eigenvalue weighted by atomic mass is 9.62. The largest absolute Gasteiger partial charge is 0.340 e. The summed E-state index contributed by atoms with van der Waals surface area (Å²) in [5.74, 6) is 1.73. The summed E-state index contributed by atoms with van der Waals surface area (Å²) in [6.07, 6.45) is 28.0. The molecule has 4 unspecified atom stereocenters. The molecule has 1 N–H and O–H groups in total. The molecule has 0 saturated heterocycles. The number of aliphatic imine (C=N–C) groups is 1. The summed E-state index contributed by atoms with van der Waals surface area (Å²) in [5, 5.41) is 3.78. The lowest BCUT2D eigenvalue weighted by Crippen LogP contribution is -2.35. The first kappa shape index (κ1) is 28.8. The van der Waals surface area contributed by atoms with E-state index in [9.17, 15) is 0 Å². The molecule has 0 saturated carbocycles. The maximum absolute atomic E-state index is 5.25. The minimum atomic E-state index is -0.236. The Balaban J connectivity index is 1.00. The van der Waals surface area contributed by atoms with Crippen LogP contribution in [0.4, 0.5) is 0 Å². The van der Waals surface area contributed by atoms with E-state index in [4.69, 9.17) is 4.99 Å². The highest BCUT2D eigenvalue weighted by atomic mass is 15.0. The Morgan fingerprint density at radius 2 is 1.61 bits per heavy atom. The molecule has 0 spiro atoms. The van der Waals surface area contributed by atoms with E-state index < -0.39 is 0 Å². The van der Waals surface area contributed by atoms with Gasteiger partial charge >= 0.3 is 0 Å². The summed E-state index contributed by atoms with van der Waals surface area (Å²) in [5.41, 5.74) is 16.1. The number of benzene rings is 4. The van der Waals surface area contributed by atoms with Gasteiger partial charge in [-0.05, 0) is 118 Å². The molecule has 0 fully saturated rings. The molecule has 2 nitrogen and oxygen atoms in total. The Morgan fingerprint density at radius 1 is 0.735 bits per heavy atom. The second-order valence-electron chi connectivity index (χ2n) is 14.4. The van der Waals surface area contributed by atoms with Crippen molar-refractivity contribution >= 4 is 5.84 Å². The van der Waals surface area contributed by atoms with E-state index >= 15 is 0 Å². The van der Waals surface area contributed by atoms with E-state index in [0.717, 1.165) is 31.5 Å². The second-order valence-corrected chi connectivity index (χ2v) is 14.4. The van der Waals surface area contributed by atoms with E-state index in [1.807, 2.05) is 0 Å². The number of rotatable bonds is 6. The highest BCUT2D eigenvalue weighted by Crippen LogP contribution is 2.58. The monoisotopic (exact) mass is 632 g/mol. The molecule has 4 atom stereocenters. The van der Waals surface area contributed by atoms with Gasteiger partial charge in [-0.3, -0.25) is 4.99 Å². The van der Waals surface area contributed by atoms with Gasteiger partial charge in [-0.15, -0.1) is 0 Å². The Morgan fingerprint density at radius 3 is 2.37 bits per heavy atom. The molecule has 2 heteroatoms. The summed E-state index contributed by atoms with van der Waals surface area (Å²) < 4.78 is 0. The number of nitrogens with one attached hydrogen (secondary N) is 1. The summed E-state index contributed by atoms with van der Waals surface area (Å²) in [6.45, 7) is 0. The Labute approximate surface area is 289 Å². The van der Waals surface area contributed by atoms with Gasteiger partial charge in [-0.1, -0.05) is 134 Å². The third-order valence-corrected chi connectivity index (χ3v) is 11.8. The van der Waals surface area contributed by atoms with Gasteiger partial charge in [0.1, 0.15) is 5.84 Å². The quantitative estimate of drug-likeness (QED) is 0.198. The van der Waals surface area contributed by atoms with Crippen molar-refractivity contribution in [1.82, 2.24) is 5.32 Å². The highest BCUT2D eigenvalue weighted by molar-refractivity contribution is 6.01. The van der Waals surface area contributed by atoms with Crippen LogP contribution in [0.2, 0.25) is 0 Å². The van der Waals surface area contributed by atoms with Crippen LogP contribution < -0.4 is 5.32 Å². The molecule has 3 aromatic rings.